The normalized spacial score (nSPS) is 10.2. The second-order valence-corrected chi connectivity index (χ2v) is 4.95. The lowest BCUT2D eigenvalue weighted by Gasteiger charge is -2.12. The highest BCUT2D eigenvalue weighted by molar-refractivity contribution is 7.80. The fourth-order valence-corrected chi connectivity index (χ4v) is 1.94. The second-order valence-electron chi connectivity index (χ2n) is 4.55. The van der Waals surface area contributed by atoms with Gasteiger partial charge in [0.1, 0.15) is 11.6 Å². The summed E-state index contributed by atoms with van der Waals surface area (Å²) in [5.74, 6) is -0.808. The molecular formula is C15H14F2N2S. The van der Waals surface area contributed by atoms with E-state index in [9.17, 15) is 8.78 Å². The average Bonchev–Trinajstić information content (AvgIpc) is 2.36. The number of rotatable bonds is 2. The first-order valence-corrected chi connectivity index (χ1v) is 6.47. The van der Waals surface area contributed by atoms with E-state index < -0.39 is 11.6 Å². The van der Waals surface area contributed by atoms with Crippen LogP contribution in [0.2, 0.25) is 0 Å². The average molecular weight is 292 g/mol. The van der Waals surface area contributed by atoms with Gasteiger partial charge >= 0.3 is 0 Å². The Kier molecular flexibility index (Phi) is 4.29. The van der Waals surface area contributed by atoms with Crippen molar-refractivity contribution in [2.75, 3.05) is 10.6 Å². The van der Waals surface area contributed by atoms with Gasteiger partial charge in [0.05, 0.1) is 11.4 Å². The van der Waals surface area contributed by atoms with E-state index in [1.807, 2.05) is 0 Å². The quantitative estimate of drug-likeness (QED) is 0.803. The minimum atomic E-state index is -0.404. The van der Waals surface area contributed by atoms with Crippen LogP contribution in [0.1, 0.15) is 11.1 Å². The van der Waals surface area contributed by atoms with Gasteiger partial charge in [0.15, 0.2) is 5.11 Å². The molecule has 20 heavy (non-hydrogen) atoms. The molecule has 0 unspecified atom stereocenters. The van der Waals surface area contributed by atoms with E-state index in [-0.39, 0.29) is 16.5 Å². The van der Waals surface area contributed by atoms with Crippen molar-refractivity contribution < 1.29 is 8.78 Å². The maximum absolute atomic E-state index is 13.7. The highest BCUT2D eigenvalue weighted by atomic mass is 32.1. The van der Waals surface area contributed by atoms with Gasteiger partial charge in [-0.1, -0.05) is 12.1 Å². The molecule has 0 aliphatic carbocycles. The van der Waals surface area contributed by atoms with Gasteiger partial charge in [-0.15, -0.1) is 0 Å². The fourth-order valence-electron chi connectivity index (χ4n) is 1.72. The van der Waals surface area contributed by atoms with Crippen LogP contribution in [0.15, 0.2) is 36.4 Å². The molecule has 0 radical (unpaired) electrons. The molecule has 2 nitrogen and oxygen atoms in total. The third kappa shape index (κ3) is 3.51. The van der Waals surface area contributed by atoms with Crippen LogP contribution in [0.4, 0.5) is 20.2 Å². The topological polar surface area (TPSA) is 24.1 Å². The Labute approximate surface area is 121 Å². The molecule has 104 valence electrons. The molecule has 0 aromatic heterocycles. The lowest BCUT2D eigenvalue weighted by molar-refractivity contribution is 0.630. The highest BCUT2D eigenvalue weighted by Crippen LogP contribution is 2.18. The van der Waals surface area contributed by atoms with Gasteiger partial charge in [-0.2, -0.15) is 0 Å². The summed E-state index contributed by atoms with van der Waals surface area (Å²) in [7, 11) is 0. The molecule has 0 atom stereocenters. The van der Waals surface area contributed by atoms with Crippen LogP contribution >= 0.6 is 12.2 Å². The summed E-state index contributed by atoms with van der Waals surface area (Å²) in [4.78, 5) is 0. The standard InChI is InChI=1S/C15H14F2N2S/c1-9-3-5-13(11(16)7-9)18-15(20)19-14-6-4-10(2)8-12(14)17/h3-8H,1-2H3,(H2,18,19,20). The molecule has 0 aliphatic rings. The predicted octanol–water partition coefficient (Wildman–Crippen LogP) is 4.39. The van der Waals surface area contributed by atoms with Crippen molar-refractivity contribution in [3.63, 3.8) is 0 Å². The summed E-state index contributed by atoms with van der Waals surface area (Å²) in [6, 6.07) is 9.50. The van der Waals surface area contributed by atoms with Crippen molar-refractivity contribution in [2.45, 2.75) is 13.8 Å². The molecule has 0 bridgehead atoms. The predicted molar refractivity (Wildman–Crippen MR) is 82.1 cm³/mol. The van der Waals surface area contributed by atoms with Crippen molar-refractivity contribution in [1.82, 2.24) is 0 Å². The number of benzene rings is 2. The summed E-state index contributed by atoms with van der Waals surface area (Å²) in [5, 5.41) is 5.55. The molecule has 0 heterocycles. The van der Waals surface area contributed by atoms with Crippen molar-refractivity contribution in [3.05, 3.63) is 59.2 Å². The maximum atomic E-state index is 13.7. The number of hydrogen-bond acceptors (Lipinski definition) is 1. The Morgan fingerprint density at radius 3 is 1.60 bits per heavy atom. The Balaban J connectivity index is 2.09. The van der Waals surface area contributed by atoms with Crippen molar-refractivity contribution in [3.8, 4) is 0 Å². The van der Waals surface area contributed by atoms with E-state index in [0.717, 1.165) is 11.1 Å². The number of aryl methyl sites for hydroxylation is 2. The zero-order valence-electron chi connectivity index (χ0n) is 11.1. The summed E-state index contributed by atoms with van der Waals surface area (Å²) >= 11 is 5.05. The first-order chi connectivity index (χ1) is 9.45. The van der Waals surface area contributed by atoms with Gasteiger partial charge in [-0.25, -0.2) is 8.78 Å². The smallest absolute Gasteiger partial charge is 0.175 e. The Morgan fingerprint density at radius 2 is 1.25 bits per heavy atom. The summed E-state index contributed by atoms with van der Waals surface area (Å²) in [6.07, 6.45) is 0. The van der Waals surface area contributed by atoms with E-state index in [4.69, 9.17) is 12.2 Å². The maximum Gasteiger partial charge on any atom is 0.175 e. The van der Waals surface area contributed by atoms with Crippen LogP contribution in [0, 0.1) is 25.5 Å². The molecule has 0 saturated heterocycles. The number of hydrogen-bond donors (Lipinski definition) is 2. The lowest BCUT2D eigenvalue weighted by Crippen LogP contribution is -2.20. The van der Waals surface area contributed by atoms with E-state index in [1.54, 1.807) is 38.1 Å². The summed E-state index contributed by atoms with van der Waals surface area (Å²) in [6.45, 7) is 3.59. The molecule has 2 aromatic rings. The molecule has 0 aliphatic heterocycles. The van der Waals surface area contributed by atoms with Gasteiger partial charge in [0.2, 0.25) is 0 Å². The molecular weight excluding hydrogens is 278 g/mol. The van der Waals surface area contributed by atoms with Crippen molar-refractivity contribution in [2.24, 2.45) is 0 Å². The minimum absolute atomic E-state index is 0.135. The lowest BCUT2D eigenvalue weighted by atomic mass is 10.2. The Morgan fingerprint density at radius 1 is 0.850 bits per heavy atom. The monoisotopic (exact) mass is 292 g/mol. The second kappa shape index (κ2) is 5.96. The SMILES string of the molecule is Cc1ccc(NC(=S)Nc2ccc(C)cc2F)c(F)c1. The largest absolute Gasteiger partial charge is 0.330 e. The molecule has 0 saturated carbocycles. The number of nitrogens with one attached hydrogen (secondary N) is 2. The minimum Gasteiger partial charge on any atom is -0.330 e. The molecule has 5 heteroatoms. The van der Waals surface area contributed by atoms with Crippen LogP contribution in [0.3, 0.4) is 0 Å². The van der Waals surface area contributed by atoms with Crippen LogP contribution in [-0.4, -0.2) is 5.11 Å². The fraction of sp³-hybridized carbons (Fsp3) is 0.133. The Hall–Kier alpha value is -2.01. The van der Waals surface area contributed by atoms with E-state index in [2.05, 4.69) is 10.6 Å². The zero-order chi connectivity index (χ0) is 14.7. The van der Waals surface area contributed by atoms with Gasteiger partial charge in [0.25, 0.3) is 0 Å². The zero-order valence-corrected chi connectivity index (χ0v) is 11.9. The molecule has 0 amide bonds. The van der Waals surface area contributed by atoms with Crippen molar-refractivity contribution >= 4 is 28.7 Å². The molecule has 2 aromatic carbocycles. The number of halogens is 2. The van der Waals surface area contributed by atoms with Gasteiger partial charge in [-0.05, 0) is 61.5 Å². The number of thiocarbonyl (C=S) groups is 1. The molecule has 0 spiro atoms. The Bertz CT molecular complexity index is 601. The van der Waals surface area contributed by atoms with Crippen molar-refractivity contribution in [1.29, 1.82) is 0 Å². The van der Waals surface area contributed by atoms with Crippen LogP contribution < -0.4 is 10.6 Å². The van der Waals surface area contributed by atoms with E-state index in [1.165, 1.54) is 12.1 Å². The summed E-state index contributed by atoms with van der Waals surface area (Å²) < 4.78 is 27.3. The van der Waals surface area contributed by atoms with Crippen LogP contribution in [0.25, 0.3) is 0 Å². The first-order valence-electron chi connectivity index (χ1n) is 6.06. The van der Waals surface area contributed by atoms with E-state index >= 15 is 0 Å². The van der Waals surface area contributed by atoms with Crippen LogP contribution in [0.5, 0.6) is 0 Å². The van der Waals surface area contributed by atoms with Gasteiger partial charge in [0, 0.05) is 0 Å². The number of anilines is 2. The molecule has 2 rings (SSSR count). The molecule has 2 N–H and O–H groups in total. The highest BCUT2D eigenvalue weighted by Gasteiger charge is 2.07. The first kappa shape index (κ1) is 14.4. The third-order valence-corrected chi connectivity index (χ3v) is 2.95. The van der Waals surface area contributed by atoms with Crippen LogP contribution in [-0.2, 0) is 0 Å². The van der Waals surface area contributed by atoms with E-state index in [0.29, 0.717) is 0 Å². The molecule has 0 fully saturated rings. The third-order valence-electron chi connectivity index (χ3n) is 2.75. The summed E-state index contributed by atoms with van der Waals surface area (Å²) in [5.41, 5.74) is 2.13. The van der Waals surface area contributed by atoms with Gasteiger partial charge in [-0.3, -0.25) is 0 Å². The van der Waals surface area contributed by atoms with Gasteiger partial charge < -0.3 is 10.6 Å².